The topological polar surface area (TPSA) is 52.7 Å². The third-order valence-electron chi connectivity index (χ3n) is 4.52. The molecule has 0 aromatic rings. The minimum atomic E-state index is -0.279. The van der Waals surface area contributed by atoms with Crippen molar-refractivity contribution in [2.45, 2.75) is 57.2 Å². The van der Waals surface area contributed by atoms with Crippen molar-refractivity contribution in [3.8, 4) is 0 Å². The van der Waals surface area contributed by atoms with Crippen LogP contribution in [-0.2, 0) is 9.59 Å². The average Bonchev–Trinajstić information content (AvgIpc) is 2.98. The van der Waals surface area contributed by atoms with Crippen molar-refractivity contribution in [1.29, 1.82) is 0 Å². The van der Waals surface area contributed by atoms with Crippen molar-refractivity contribution in [3.63, 3.8) is 0 Å². The third kappa shape index (κ3) is 2.67. The lowest BCUT2D eigenvalue weighted by Crippen LogP contribution is -2.45. The summed E-state index contributed by atoms with van der Waals surface area (Å²) in [7, 11) is 0. The number of carbonyl (C=O) groups excluding carboxylic acids is 2. The first-order valence-electron chi connectivity index (χ1n) is 7.50. The summed E-state index contributed by atoms with van der Waals surface area (Å²) in [5.41, 5.74) is 0. The van der Waals surface area contributed by atoms with Crippen molar-refractivity contribution in [2.24, 2.45) is 0 Å². The number of hydrogen-bond acceptors (Lipinski definition) is 4. The molecule has 0 radical (unpaired) electrons. The molecule has 2 saturated heterocycles. The van der Waals surface area contributed by atoms with E-state index in [9.17, 15) is 9.59 Å². The number of likely N-dealkylation sites (tertiary alicyclic amines) is 2. The first-order valence-corrected chi connectivity index (χ1v) is 7.50. The predicted octanol–water partition coefficient (Wildman–Crippen LogP) is 0.350. The zero-order valence-corrected chi connectivity index (χ0v) is 11.6. The Kier molecular flexibility index (Phi) is 3.58. The first-order chi connectivity index (χ1) is 9.16. The Morgan fingerprint density at radius 1 is 1.26 bits per heavy atom. The maximum absolute atomic E-state index is 12.2. The standard InChI is InChI=1S/C14H23N3O2/c1-10(16-6-2-3-7-16)9-15-12-8-13(18)17(14(12)19)11-4-5-11/h10-12,15H,2-9H2,1H3. The first kappa shape index (κ1) is 13.1. The highest BCUT2D eigenvalue weighted by Crippen LogP contribution is 2.31. The van der Waals surface area contributed by atoms with Gasteiger partial charge in [-0.25, -0.2) is 0 Å². The quantitative estimate of drug-likeness (QED) is 0.729. The van der Waals surface area contributed by atoms with Gasteiger partial charge < -0.3 is 5.32 Å². The molecule has 1 saturated carbocycles. The van der Waals surface area contributed by atoms with Crippen molar-refractivity contribution in [3.05, 3.63) is 0 Å². The van der Waals surface area contributed by atoms with Gasteiger partial charge in [0.15, 0.2) is 0 Å². The highest BCUT2D eigenvalue weighted by Gasteiger charge is 2.45. The van der Waals surface area contributed by atoms with Crippen LogP contribution in [0, 0.1) is 0 Å². The van der Waals surface area contributed by atoms with Crippen LogP contribution in [0.15, 0.2) is 0 Å². The molecule has 2 heterocycles. The highest BCUT2D eigenvalue weighted by atomic mass is 16.2. The number of nitrogens with one attached hydrogen (secondary N) is 1. The van der Waals surface area contributed by atoms with Crippen molar-refractivity contribution < 1.29 is 9.59 Å². The Balaban J connectivity index is 1.50. The van der Waals surface area contributed by atoms with Crippen molar-refractivity contribution in [2.75, 3.05) is 19.6 Å². The van der Waals surface area contributed by atoms with Crippen LogP contribution in [0.3, 0.4) is 0 Å². The minimum Gasteiger partial charge on any atom is -0.304 e. The van der Waals surface area contributed by atoms with Gasteiger partial charge in [0, 0.05) is 18.6 Å². The van der Waals surface area contributed by atoms with E-state index in [4.69, 9.17) is 0 Å². The molecule has 2 amide bonds. The molecule has 3 aliphatic rings. The van der Waals surface area contributed by atoms with Crippen LogP contribution in [0.5, 0.6) is 0 Å². The molecular weight excluding hydrogens is 242 g/mol. The van der Waals surface area contributed by atoms with E-state index in [0.717, 1.165) is 32.5 Å². The van der Waals surface area contributed by atoms with E-state index < -0.39 is 0 Å². The Morgan fingerprint density at radius 2 is 1.95 bits per heavy atom. The SMILES string of the molecule is CC(CNC1CC(=O)N(C2CC2)C1=O)N1CCCC1. The van der Waals surface area contributed by atoms with Crippen LogP contribution >= 0.6 is 0 Å². The van der Waals surface area contributed by atoms with Crippen LogP contribution in [0.4, 0.5) is 0 Å². The molecular formula is C14H23N3O2. The minimum absolute atomic E-state index is 0.00104. The molecule has 2 aliphatic heterocycles. The lowest BCUT2D eigenvalue weighted by molar-refractivity contribution is -0.139. The lowest BCUT2D eigenvalue weighted by Gasteiger charge is -2.25. The molecule has 2 unspecified atom stereocenters. The molecule has 0 aromatic carbocycles. The second-order valence-electron chi connectivity index (χ2n) is 6.09. The van der Waals surface area contributed by atoms with Crippen molar-refractivity contribution in [1.82, 2.24) is 15.1 Å². The maximum Gasteiger partial charge on any atom is 0.247 e. The number of nitrogens with zero attached hydrogens (tertiary/aromatic N) is 2. The summed E-state index contributed by atoms with van der Waals surface area (Å²) in [6.07, 6.45) is 4.89. The van der Waals surface area contributed by atoms with Gasteiger partial charge in [-0.15, -0.1) is 0 Å². The zero-order chi connectivity index (χ0) is 13.4. The van der Waals surface area contributed by atoms with Crippen LogP contribution < -0.4 is 5.32 Å². The van der Waals surface area contributed by atoms with Crippen LogP contribution in [0.25, 0.3) is 0 Å². The van der Waals surface area contributed by atoms with E-state index >= 15 is 0 Å². The molecule has 1 aliphatic carbocycles. The molecule has 0 spiro atoms. The predicted molar refractivity (Wildman–Crippen MR) is 71.6 cm³/mol. The molecule has 2 atom stereocenters. The molecule has 1 N–H and O–H groups in total. The third-order valence-corrected chi connectivity index (χ3v) is 4.52. The Labute approximate surface area is 114 Å². The summed E-state index contributed by atoms with van der Waals surface area (Å²) < 4.78 is 0. The number of rotatable bonds is 5. The highest BCUT2D eigenvalue weighted by molar-refractivity contribution is 6.06. The van der Waals surface area contributed by atoms with Gasteiger partial charge >= 0.3 is 0 Å². The average molecular weight is 265 g/mol. The molecule has 3 fully saturated rings. The summed E-state index contributed by atoms with van der Waals surface area (Å²) >= 11 is 0. The summed E-state index contributed by atoms with van der Waals surface area (Å²) in [5, 5.41) is 3.30. The zero-order valence-electron chi connectivity index (χ0n) is 11.6. The van der Waals surface area contributed by atoms with Gasteiger partial charge in [-0.1, -0.05) is 0 Å². The monoisotopic (exact) mass is 265 g/mol. The summed E-state index contributed by atoms with van der Waals surface area (Å²) in [6.45, 7) is 5.31. The maximum atomic E-state index is 12.2. The van der Waals surface area contributed by atoms with Gasteiger partial charge in [0.05, 0.1) is 12.5 Å². The number of hydrogen-bond donors (Lipinski definition) is 1. The van der Waals surface area contributed by atoms with E-state index in [1.807, 2.05) is 0 Å². The van der Waals surface area contributed by atoms with E-state index in [0.29, 0.717) is 12.5 Å². The molecule has 3 rings (SSSR count). The summed E-state index contributed by atoms with van der Waals surface area (Å²) in [5.74, 6) is 0.0138. The van der Waals surface area contributed by atoms with E-state index in [1.165, 1.54) is 17.7 Å². The molecule has 0 bridgehead atoms. The van der Waals surface area contributed by atoms with Crippen molar-refractivity contribution >= 4 is 11.8 Å². The van der Waals surface area contributed by atoms with Crippen LogP contribution in [-0.4, -0.2) is 59.4 Å². The molecule has 106 valence electrons. The second-order valence-corrected chi connectivity index (χ2v) is 6.09. The van der Waals surface area contributed by atoms with Gasteiger partial charge in [0.25, 0.3) is 0 Å². The number of carbonyl (C=O) groups is 2. The summed E-state index contributed by atoms with van der Waals surface area (Å²) in [4.78, 5) is 27.9. The van der Waals surface area contributed by atoms with Gasteiger partial charge in [-0.3, -0.25) is 19.4 Å². The Hall–Kier alpha value is -0.940. The number of amides is 2. The summed E-state index contributed by atoms with van der Waals surface area (Å²) in [6, 6.07) is 0.376. The van der Waals surface area contributed by atoms with E-state index in [1.54, 1.807) is 0 Å². The van der Waals surface area contributed by atoms with Gasteiger partial charge in [0.1, 0.15) is 0 Å². The molecule has 19 heavy (non-hydrogen) atoms. The fourth-order valence-corrected chi connectivity index (χ4v) is 3.15. The molecule has 0 aromatic heterocycles. The van der Waals surface area contributed by atoms with Crippen LogP contribution in [0.1, 0.15) is 39.0 Å². The van der Waals surface area contributed by atoms with Crippen LogP contribution in [0.2, 0.25) is 0 Å². The number of imide groups is 1. The molecule has 5 heteroatoms. The largest absolute Gasteiger partial charge is 0.304 e. The fraction of sp³-hybridized carbons (Fsp3) is 0.857. The van der Waals surface area contributed by atoms with Gasteiger partial charge in [-0.05, 0) is 45.7 Å². The normalized spacial score (nSPS) is 30.4. The van der Waals surface area contributed by atoms with Gasteiger partial charge in [0.2, 0.25) is 11.8 Å². The lowest BCUT2D eigenvalue weighted by atomic mass is 10.2. The Morgan fingerprint density at radius 3 is 2.58 bits per heavy atom. The second kappa shape index (κ2) is 5.21. The Bertz CT molecular complexity index is 375. The van der Waals surface area contributed by atoms with E-state index in [-0.39, 0.29) is 23.9 Å². The molecule has 5 nitrogen and oxygen atoms in total. The smallest absolute Gasteiger partial charge is 0.247 e. The van der Waals surface area contributed by atoms with Gasteiger partial charge in [-0.2, -0.15) is 0 Å². The fourth-order valence-electron chi connectivity index (χ4n) is 3.15. The van der Waals surface area contributed by atoms with E-state index in [2.05, 4.69) is 17.1 Å².